The Morgan fingerprint density at radius 1 is 1.03 bits per heavy atom. The molecule has 1 unspecified atom stereocenters. The number of alkyl halides is 3. The number of aliphatic hydroxyl groups is 1. The molecule has 0 radical (unpaired) electrons. The number of hydrogen-bond acceptors (Lipinski definition) is 8. The van der Waals surface area contributed by atoms with E-state index in [-0.39, 0.29) is 41.7 Å². The summed E-state index contributed by atoms with van der Waals surface area (Å²) < 4.78 is 61.0. The Morgan fingerprint density at radius 2 is 1.58 bits per heavy atom. The van der Waals surface area contributed by atoms with Gasteiger partial charge in [-0.1, -0.05) is 18.2 Å². The third-order valence-corrected chi connectivity index (χ3v) is 4.18. The maximum Gasteiger partial charge on any atom is 0.513 e. The second kappa shape index (κ2) is 10.2. The van der Waals surface area contributed by atoms with Gasteiger partial charge in [-0.2, -0.15) is 13.2 Å². The summed E-state index contributed by atoms with van der Waals surface area (Å²) in [6.07, 6.45) is -7.11. The highest BCUT2D eigenvalue weighted by atomic mass is 19.4. The van der Waals surface area contributed by atoms with Gasteiger partial charge in [0.15, 0.2) is 0 Å². The molecule has 0 saturated heterocycles. The molecule has 0 saturated carbocycles. The van der Waals surface area contributed by atoms with E-state index in [9.17, 15) is 22.8 Å². The standard InChI is InChI=1S/C20H22F3NO7/c1-4-28-18(26)30-16-11(2)24-12(3)17(31-19(27)29-10-9-25)15(16)13-7-5-6-8-14(13)20(21,22)23/h5-8,15,24-25H,4,9-10H2,1-3H3. The molecule has 170 valence electrons. The number of carbonyl (C=O) groups is 2. The Kier molecular flexibility index (Phi) is 7.92. The molecule has 0 aliphatic carbocycles. The summed E-state index contributed by atoms with van der Waals surface area (Å²) in [5.74, 6) is -1.90. The smallest absolute Gasteiger partial charge is 0.434 e. The van der Waals surface area contributed by atoms with Crippen LogP contribution in [0.25, 0.3) is 0 Å². The van der Waals surface area contributed by atoms with Crippen LogP contribution in [0.5, 0.6) is 0 Å². The van der Waals surface area contributed by atoms with Crippen molar-refractivity contribution in [3.8, 4) is 0 Å². The minimum Gasteiger partial charge on any atom is -0.434 e. The number of benzene rings is 1. The van der Waals surface area contributed by atoms with Crippen LogP contribution in [0.4, 0.5) is 22.8 Å². The average Bonchev–Trinajstić information content (AvgIpc) is 2.69. The number of nitrogens with one attached hydrogen (secondary N) is 1. The third-order valence-electron chi connectivity index (χ3n) is 4.18. The fourth-order valence-corrected chi connectivity index (χ4v) is 3.00. The first-order valence-corrected chi connectivity index (χ1v) is 9.24. The number of aliphatic hydroxyl groups excluding tert-OH is 1. The fourth-order valence-electron chi connectivity index (χ4n) is 3.00. The lowest BCUT2D eigenvalue weighted by atomic mass is 9.87. The average molecular weight is 445 g/mol. The highest BCUT2D eigenvalue weighted by Crippen LogP contribution is 2.44. The Labute approximate surface area is 176 Å². The van der Waals surface area contributed by atoms with Gasteiger partial charge in [0.1, 0.15) is 24.0 Å². The minimum absolute atomic E-state index is 0.0197. The molecule has 1 heterocycles. The predicted molar refractivity (Wildman–Crippen MR) is 100 cm³/mol. The Bertz CT molecular complexity index is 893. The number of carbonyl (C=O) groups excluding carboxylic acids is 2. The summed E-state index contributed by atoms with van der Waals surface area (Å²) in [4.78, 5) is 24.0. The van der Waals surface area contributed by atoms with E-state index in [1.165, 1.54) is 39.0 Å². The summed E-state index contributed by atoms with van der Waals surface area (Å²) in [6.45, 7) is 3.64. The van der Waals surface area contributed by atoms with Gasteiger partial charge in [0.05, 0.1) is 30.2 Å². The van der Waals surface area contributed by atoms with Crippen LogP contribution in [0.3, 0.4) is 0 Å². The molecule has 0 aromatic heterocycles. The molecule has 1 aliphatic heterocycles. The molecule has 2 rings (SSSR count). The quantitative estimate of drug-likeness (QED) is 0.629. The van der Waals surface area contributed by atoms with E-state index in [0.29, 0.717) is 0 Å². The Morgan fingerprint density at radius 3 is 2.10 bits per heavy atom. The van der Waals surface area contributed by atoms with Gasteiger partial charge < -0.3 is 29.4 Å². The number of rotatable bonds is 6. The molecule has 0 amide bonds. The van der Waals surface area contributed by atoms with Crippen LogP contribution in [0.1, 0.15) is 37.8 Å². The normalized spacial score (nSPS) is 16.5. The Hall–Kier alpha value is -3.21. The summed E-state index contributed by atoms with van der Waals surface area (Å²) in [5, 5.41) is 11.6. The van der Waals surface area contributed by atoms with Gasteiger partial charge in [-0.05, 0) is 32.4 Å². The molecule has 0 bridgehead atoms. The van der Waals surface area contributed by atoms with Crippen LogP contribution in [-0.4, -0.2) is 37.2 Å². The van der Waals surface area contributed by atoms with Crippen molar-refractivity contribution in [3.63, 3.8) is 0 Å². The summed E-state index contributed by atoms with van der Waals surface area (Å²) >= 11 is 0. The molecule has 2 N–H and O–H groups in total. The lowest BCUT2D eigenvalue weighted by Crippen LogP contribution is -2.30. The van der Waals surface area contributed by atoms with E-state index >= 15 is 0 Å². The van der Waals surface area contributed by atoms with Crippen molar-refractivity contribution >= 4 is 12.3 Å². The van der Waals surface area contributed by atoms with Crippen LogP contribution in [0.2, 0.25) is 0 Å². The van der Waals surface area contributed by atoms with Crippen LogP contribution < -0.4 is 5.32 Å². The highest BCUT2D eigenvalue weighted by molar-refractivity contribution is 5.65. The van der Waals surface area contributed by atoms with Gasteiger partial charge in [-0.3, -0.25) is 0 Å². The van der Waals surface area contributed by atoms with Gasteiger partial charge in [-0.25, -0.2) is 9.59 Å². The van der Waals surface area contributed by atoms with E-state index in [4.69, 9.17) is 19.3 Å². The molecule has 1 aromatic rings. The lowest BCUT2D eigenvalue weighted by molar-refractivity contribution is -0.138. The van der Waals surface area contributed by atoms with Crippen LogP contribution in [0, 0.1) is 0 Å². The zero-order valence-corrected chi connectivity index (χ0v) is 17.0. The minimum atomic E-state index is -4.74. The zero-order chi connectivity index (χ0) is 23.2. The van der Waals surface area contributed by atoms with Gasteiger partial charge >= 0.3 is 18.5 Å². The van der Waals surface area contributed by atoms with Crippen molar-refractivity contribution in [2.75, 3.05) is 19.8 Å². The van der Waals surface area contributed by atoms with Crippen LogP contribution >= 0.6 is 0 Å². The van der Waals surface area contributed by atoms with Crippen molar-refractivity contribution in [3.05, 3.63) is 58.3 Å². The van der Waals surface area contributed by atoms with E-state index < -0.39 is 36.6 Å². The van der Waals surface area contributed by atoms with E-state index in [1.807, 2.05) is 0 Å². The van der Waals surface area contributed by atoms with Crippen molar-refractivity contribution < 1.29 is 46.8 Å². The predicted octanol–water partition coefficient (Wildman–Crippen LogP) is 4.17. The van der Waals surface area contributed by atoms with Crippen molar-refractivity contribution in [2.24, 2.45) is 0 Å². The first kappa shape index (κ1) is 24.1. The SMILES string of the molecule is CCOC(=O)OC1=C(C)NC(C)=C(OC(=O)OCCO)C1c1ccccc1C(F)(F)F. The zero-order valence-electron chi connectivity index (χ0n) is 17.0. The molecule has 8 nitrogen and oxygen atoms in total. The first-order chi connectivity index (χ1) is 14.6. The van der Waals surface area contributed by atoms with E-state index in [2.05, 4.69) is 10.1 Å². The molecule has 1 atom stereocenters. The van der Waals surface area contributed by atoms with Crippen LogP contribution in [0.15, 0.2) is 47.2 Å². The number of allylic oxidation sites excluding steroid dienone is 2. The topological polar surface area (TPSA) is 103 Å². The largest absolute Gasteiger partial charge is 0.513 e. The number of ether oxygens (including phenoxy) is 4. The number of hydrogen-bond donors (Lipinski definition) is 2. The molecular weight excluding hydrogens is 423 g/mol. The van der Waals surface area contributed by atoms with E-state index in [1.54, 1.807) is 0 Å². The maximum absolute atomic E-state index is 13.7. The van der Waals surface area contributed by atoms with Gasteiger partial charge in [0, 0.05) is 0 Å². The second-order valence-electron chi connectivity index (χ2n) is 6.33. The van der Waals surface area contributed by atoms with Crippen molar-refractivity contribution in [1.82, 2.24) is 5.32 Å². The molecule has 0 spiro atoms. The highest BCUT2D eigenvalue weighted by Gasteiger charge is 2.42. The number of dihydropyridines is 1. The van der Waals surface area contributed by atoms with Crippen LogP contribution in [-0.2, 0) is 25.1 Å². The molecule has 1 aromatic carbocycles. The van der Waals surface area contributed by atoms with Gasteiger partial charge in [-0.15, -0.1) is 0 Å². The monoisotopic (exact) mass is 445 g/mol. The third kappa shape index (κ3) is 5.91. The van der Waals surface area contributed by atoms with Crippen molar-refractivity contribution in [1.29, 1.82) is 0 Å². The molecule has 1 aliphatic rings. The molecule has 31 heavy (non-hydrogen) atoms. The van der Waals surface area contributed by atoms with Gasteiger partial charge in [0.2, 0.25) is 0 Å². The maximum atomic E-state index is 13.7. The lowest BCUT2D eigenvalue weighted by Gasteiger charge is -2.31. The van der Waals surface area contributed by atoms with Crippen molar-refractivity contribution in [2.45, 2.75) is 32.9 Å². The second-order valence-corrected chi connectivity index (χ2v) is 6.33. The fraction of sp³-hybridized carbons (Fsp3) is 0.400. The van der Waals surface area contributed by atoms with Gasteiger partial charge in [0.25, 0.3) is 0 Å². The summed E-state index contributed by atoms with van der Waals surface area (Å²) in [6, 6.07) is 4.64. The molecule has 11 heteroatoms. The molecular formula is C20H22F3NO7. The van der Waals surface area contributed by atoms with E-state index in [0.717, 1.165) is 6.07 Å². The number of halogens is 3. The summed E-state index contributed by atoms with van der Waals surface area (Å²) in [5.41, 5.74) is -0.878. The molecule has 0 fully saturated rings. The Balaban J connectivity index is 2.61. The first-order valence-electron chi connectivity index (χ1n) is 9.24. The summed E-state index contributed by atoms with van der Waals surface area (Å²) in [7, 11) is 0.